The third-order valence-electron chi connectivity index (χ3n) is 6.11. The quantitative estimate of drug-likeness (QED) is 0.430. The molecule has 0 saturated heterocycles. The van der Waals surface area contributed by atoms with Gasteiger partial charge in [-0.15, -0.1) is 0 Å². The molecule has 0 atom stereocenters. The minimum Gasteiger partial charge on any atom is -0.421 e. The number of likely N-dealkylation sites (N-methyl/N-ethyl adjacent to an activating group) is 1. The number of nitrogens with one attached hydrogen (secondary N) is 2. The average molecular weight is 502 g/mol. The summed E-state index contributed by atoms with van der Waals surface area (Å²) >= 11 is 0. The Morgan fingerprint density at radius 3 is 2.41 bits per heavy atom. The largest absolute Gasteiger partial charge is 0.421 e. The average Bonchev–Trinajstić information content (AvgIpc) is 3.39. The molecule has 1 aliphatic rings. The summed E-state index contributed by atoms with van der Waals surface area (Å²) in [6.45, 7) is 1.39. The molecule has 2 amide bonds. The van der Waals surface area contributed by atoms with E-state index in [4.69, 9.17) is 4.74 Å². The van der Waals surface area contributed by atoms with E-state index in [-0.39, 0.29) is 30.2 Å². The molecule has 1 heterocycles. The SMILES string of the molecule is CC(=O)Oc1cnc(Cc2ccc(NC(=O)c3ccccc3)cc2)nc1N(C)CC(=O)NC1CCCC1. The summed E-state index contributed by atoms with van der Waals surface area (Å²) < 4.78 is 5.30. The van der Waals surface area contributed by atoms with Crippen LogP contribution in [0, 0.1) is 0 Å². The zero-order valence-electron chi connectivity index (χ0n) is 21.1. The van der Waals surface area contributed by atoms with Crippen LogP contribution in [0.25, 0.3) is 0 Å². The number of ether oxygens (including phenoxy) is 1. The number of benzene rings is 2. The maximum atomic E-state index is 12.6. The Labute approximate surface area is 216 Å². The van der Waals surface area contributed by atoms with Crippen LogP contribution in [0.3, 0.4) is 0 Å². The molecule has 1 saturated carbocycles. The lowest BCUT2D eigenvalue weighted by atomic mass is 10.1. The number of aromatic nitrogens is 2. The van der Waals surface area contributed by atoms with E-state index in [1.54, 1.807) is 24.1 Å². The van der Waals surface area contributed by atoms with Crippen molar-refractivity contribution in [2.45, 2.75) is 45.1 Å². The van der Waals surface area contributed by atoms with Crippen molar-refractivity contribution in [2.75, 3.05) is 23.8 Å². The molecular formula is C28H31N5O4. The molecule has 1 aromatic heterocycles. The van der Waals surface area contributed by atoms with Gasteiger partial charge in [0.2, 0.25) is 5.91 Å². The van der Waals surface area contributed by atoms with E-state index in [1.165, 1.54) is 13.1 Å². The van der Waals surface area contributed by atoms with E-state index >= 15 is 0 Å². The first kappa shape index (κ1) is 25.8. The van der Waals surface area contributed by atoms with Crippen molar-refractivity contribution >= 4 is 29.3 Å². The number of nitrogens with zero attached hydrogens (tertiary/aromatic N) is 3. The molecule has 1 aliphatic carbocycles. The van der Waals surface area contributed by atoms with E-state index in [9.17, 15) is 14.4 Å². The monoisotopic (exact) mass is 501 g/mol. The number of anilines is 2. The van der Waals surface area contributed by atoms with Crippen molar-refractivity contribution in [2.24, 2.45) is 0 Å². The summed E-state index contributed by atoms with van der Waals surface area (Å²) in [5, 5.41) is 5.94. The molecule has 9 heteroatoms. The first-order valence-corrected chi connectivity index (χ1v) is 12.4. The fourth-order valence-corrected chi connectivity index (χ4v) is 4.30. The van der Waals surface area contributed by atoms with Gasteiger partial charge in [0.1, 0.15) is 5.82 Å². The van der Waals surface area contributed by atoms with Crippen molar-refractivity contribution in [3.8, 4) is 5.75 Å². The summed E-state index contributed by atoms with van der Waals surface area (Å²) in [5.74, 6) is 0.309. The molecule has 0 spiro atoms. The third kappa shape index (κ3) is 7.36. The molecule has 0 aliphatic heterocycles. The zero-order chi connectivity index (χ0) is 26.2. The Hall–Kier alpha value is -4.27. The summed E-state index contributed by atoms with van der Waals surface area (Å²) in [7, 11) is 1.73. The summed E-state index contributed by atoms with van der Waals surface area (Å²) in [6.07, 6.45) is 6.14. The van der Waals surface area contributed by atoms with Gasteiger partial charge in [-0.1, -0.05) is 43.2 Å². The van der Waals surface area contributed by atoms with Crippen LogP contribution >= 0.6 is 0 Å². The molecule has 192 valence electrons. The highest BCUT2D eigenvalue weighted by molar-refractivity contribution is 6.04. The predicted octanol–water partition coefficient (Wildman–Crippen LogP) is 3.74. The zero-order valence-corrected chi connectivity index (χ0v) is 21.1. The van der Waals surface area contributed by atoms with Gasteiger partial charge in [-0.25, -0.2) is 9.97 Å². The van der Waals surface area contributed by atoms with Crippen LogP contribution in [0.1, 0.15) is 54.4 Å². The van der Waals surface area contributed by atoms with Gasteiger partial charge in [-0.3, -0.25) is 14.4 Å². The molecule has 3 aromatic rings. The molecular weight excluding hydrogens is 470 g/mol. The van der Waals surface area contributed by atoms with Gasteiger partial charge in [0.25, 0.3) is 5.91 Å². The van der Waals surface area contributed by atoms with Crippen LogP contribution in [0.5, 0.6) is 5.75 Å². The second kappa shape index (κ2) is 12.1. The Morgan fingerprint density at radius 1 is 1.03 bits per heavy atom. The van der Waals surface area contributed by atoms with Gasteiger partial charge >= 0.3 is 5.97 Å². The highest BCUT2D eigenvalue weighted by Crippen LogP contribution is 2.26. The lowest BCUT2D eigenvalue weighted by molar-refractivity contribution is -0.131. The van der Waals surface area contributed by atoms with E-state index in [0.717, 1.165) is 31.2 Å². The normalized spacial score (nSPS) is 13.1. The molecule has 1 fully saturated rings. The van der Waals surface area contributed by atoms with Gasteiger partial charge in [-0.2, -0.15) is 0 Å². The topological polar surface area (TPSA) is 114 Å². The highest BCUT2D eigenvalue weighted by Gasteiger charge is 2.21. The number of carbonyl (C=O) groups excluding carboxylic acids is 3. The molecule has 0 bridgehead atoms. The van der Waals surface area contributed by atoms with Crippen molar-refractivity contribution in [3.05, 3.63) is 77.7 Å². The van der Waals surface area contributed by atoms with Crippen molar-refractivity contribution in [1.29, 1.82) is 0 Å². The summed E-state index contributed by atoms with van der Waals surface area (Å²) in [5.41, 5.74) is 2.20. The van der Waals surface area contributed by atoms with Gasteiger partial charge in [0, 0.05) is 37.7 Å². The molecule has 4 rings (SSSR count). The molecule has 0 radical (unpaired) electrons. The number of esters is 1. The number of amides is 2. The van der Waals surface area contributed by atoms with E-state index < -0.39 is 5.97 Å². The van der Waals surface area contributed by atoms with Gasteiger partial charge in [0.05, 0.1) is 12.7 Å². The smallest absolute Gasteiger partial charge is 0.308 e. The molecule has 2 N–H and O–H groups in total. The minimum absolute atomic E-state index is 0.0804. The first-order chi connectivity index (χ1) is 17.9. The van der Waals surface area contributed by atoms with Crippen LogP contribution in [-0.2, 0) is 16.0 Å². The van der Waals surface area contributed by atoms with Gasteiger partial charge in [0.15, 0.2) is 11.6 Å². The Morgan fingerprint density at radius 2 is 1.73 bits per heavy atom. The van der Waals surface area contributed by atoms with Crippen molar-refractivity contribution < 1.29 is 19.1 Å². The maximum Gasteiger partial charge on any atom is 0.308 e. The van der Waals surface area contributed by atoms with Gasteiger partial charge in [-0.05, 0) is 42.7 Å². The van der Waals surface area contributed by atoms with Crippen LogP contribution in [-0.4, -0.2) is 47.4 Å². The lowest BCUT2D eigenvalue weighted by Gasteiger charge is -2.21. The molecule has 9 nitrogen and oxygen atoms in total. The number of rotatable bonds is 9. The standard InChI is InChI=1S/C28H31N5O4/c1-19(34)37-24-17-29-25(32-27(24)33(2)18-26(35)30-22-10-6-7-11-22)16-20-12-14-23(15-13-20)31-28(36)21-8-4-3-5-9-21/h3-5,8-9,12-15,17,22H,6-7,10-11,16,18H2,1-2H3,(H,30,35)(H,31,36). The van der Waals surface area contributed by atoms with Crippen LogP contribution in [0.4, 0.5) is 11.5 Å². The van der Waals surface area contributed by atoms with Crippen LogP contribution in [0.2, 0.25) is 0 Å². The fourth-order valence-electron chi connectivity index (χ4n) is 4.30. The van der Waals surface area contributed by atoms with Gasteiger partial charge < -0.3 is 20.3 Å². The van der Waals surface area contributed by atoms with Crippen molar-refractivity contribution in [1.82, 2.24) is 15.3 Å². The van der Waals surface area contributed by atoms with Crippen molar-refractivity contribution in [3.63, 3.8) is 0 Å². The van der Waals surface area contributed by atoms with Crippen LogP contribution < -0.4 is 20.3 Å². The second-order valence-corrected chi connectivity index (χ2v) is 9.17. The van der Waals surface area contributed by atoms with Crippen LogP contribution in [0.15, 0.2) is 60.8 Å². The molecule has 0 unspecified atom stereocenters. The third-order valence-corrected chi connectivity index (χ3v) is 6.11. The Bertz CT molecular complexity index is 1240. The maximum absolute atomic E-state index is 12.6. The lowest BCUT2D eigenvalue weighted by Crippen LogP contribution is -2.40. The Kier molecular flexibility index (Phi) is 8.45. The number of hydrogen-bond acceptors (Lipinski definition) is 7. The number of carbonyl (C=O) groups is 3. The predicted molar refractivity (Wildman–Crippen MR) is 141 cm³/mol. The molecule has 37 heavy (non-hydrogen) atoms. The second-order valence-electron chi connectivity index (χ2n) is 9.17. The van der Waals surface area contributed by atoms with E-state index in [0.29, 0.717) is 29.3 Å². The van der Waals surface area contributed by atoms with E-state index in [2.05, 4.69) is 20.6 Å². The summed E-state index contributed by atoms with van der Waals surface area (Å²) in [4.78, 5) is 47.2. The van der Waals surface area contributed by atoms with E-state index in [1.807, 2.05) is 42.5 Å². The first-order valence-electron chi connectivity index (χ1n) is 12.4. The minimum atomic E-state index is -0.491. The summed E-state index contributed by atoms with van der Waals surface area (Å²) in [6, 6.07) is 16.7. The highest BCUT2D eigenvalue weighted by atomic mass is 16.5. The number of hydrogen-bond donors (Lipinski definition) is 2. The Balaban J connectivity index is 1.43. The molecule has 2 aromatic carbocycles. The fraction of sp³-hybridized carbons (Fsp3) is 0.321.